The van der Waals surface area contributed by atoms with Gasteiger partial charge in [0.15, 0.2) is 0 Å². The second-order valence-electron chi connectivity index (χ2n) is 9.10. The van der Waals surface area contributed by atoms with Crippen molar-refractivity contribution in [1.82, 2.24) is 0 Å². The molecular weight excluding hydrogens is 412 g/mol. The normalized spacial score (nSPS) is 18.9. The average molecular weight is 443 g/mol. The summed E-state index contributed by atoms with van der Waals surface area (Å²) in [6.45, 7) is 6.36. The topological polar surface area (TPSA) is 52.6 Å². The molecule has 2 unspecified atom stereocenters. The number of carbonyl (C=O) groups is 2. The van der Waals surface area contributed by atoms with E-state index >= 15 is 0 Å². The monoisotopic (exact) mass is 442 g/mol. The van der Waals surface area contributed by atoms with Crippen molar-refractivity contribution in [3.8, 4) is 0 Å². The van der Waals surface area contributed by atoms with Crippen LogP contribution in [0.1, 0.15) is 37.5 Å². The molecule has 1 aliphatic rings. The minimum absolute atomic E-state index is 0.0690. The van der Waals surface area contributed by atoms with E-state index in [2.05, 4.69) is 0 Å². The number of hydrogen-bond donors (Lipinski definition) is 0. The third kappa shape index (κ3) is 4.06. The highest BCUT2D eigenvalue weighted by molar-refractivity contribution is 5.92. The Labute approximate surface area is 195 Å². The van der Waals surface area contributed by atoms with Crippen LogP contribution in [0.25, 0.3) is 0 Å². The Morgan fingerprint density at radius 1 is 0.758 bits per heavy atom. The summed E-state index contributed by atoms with van der Waals surface area (Å²) in [6, 6.07) is 29.2. The van der Waals surface area contributed by atoms with Gasteiger partial charge in [-0.15, -0.1) is 0 Å². The van der Waals surface area contributed by atoms with E-state index in [0.29, 0.717) is 6.61 Å². The Hall–Kier alpha value is -3.40. The highest BCUT2D eigenvalue weighted by Gasteiger charge is 2.63. The van der Waals surface area contributed by atoms with Crippen molar-refractivity contribution in [2.24, 2.45) is 17.3 Å². The zero-order valence-electron chi connectivity index (χ0n) is 19.4. The van der Waals surface area contributed by atoms with Crippen LogP contribution >= 0.6 is 0 Å². The number of hydrogen-bond acceptors (Lipinski definition) is 4. The van der Waals surface area contributed by atoms with E-state index in [0.717, 1.165) is 16.7 Å². The van der Waals surface area contributed by atoms with Gasteiger partial charge in [0.1, 0.15) is 5.41 Å². The maximum absolute atomic E-state index is 14.1. The predicted octanol–water partition coefficient (Wildman–Crippen LogP) is 5.40. The highest BCUT2D eigenvalue weighted by Crippen LogP contribution is 2.59. The van der Waals surface area contributed by atoms with E-state index in [-0.39, 0.29) is 35.8 Å². The lowest BCUT2D eigenvalue weighted by atomic mass is 9.69. The molecule has 0 N–H and O–H groups in total. The molecule has 4 rings (SSSR count). The van der Waals surface area contributed by atoms with Gasteiger partial charge in [0, 0.05) is 5.92 Å². The van der Waals surface area contributed by atoms with E-state index in [1.807, 2.05) is 105 Å². The van der Waals surface area contributed by atoms with Crippen LogP contribution in [0.2, 0.25) is 0 Å². The molecule has 0 radical (unpaired) electrons. The van der Waals surface area contributed by atoms with Crippen molar-refractivity contribution < 1.29 is 19.1 Å². The fourth-order valence-electron chi connectivity index (χ4n) is 4.95. The minimum atomic E-state index is -1.12. The molecule has 0 spiro atoms. The van der Waals surface area contributed by atoms with Gasteiger partial charge in [0.25, 0.3) is 0 Å². The Bertz CT molecular complexity index is 994. The highest BCUT2D eigenvalue weighted by atomic mass is 16.5. The van der Waals surface area contributed by atoms with Crippen molar-refractivity contribution in [3.05, 3.63) is 108 Å². The molecule has 0 saturated heterocycles. The Kier molecular flexibility index (Phi) is 6.37. The number of benzene rings is 3. The molecule has 3 aromatic rings. The summed E-state index contributed by atoms with van der Waals surface area (Å²) in [4.78, 5) is 26.4. The molecule has 33 heavy (non-hydrogen) atoms. The summed E-state index contributed by atoms with van der Waals surface area (Å²) in [5, 5.41) is 0. The zero-order chi connectivity index (χ0) is 23.5. The van der Waals surface area contributed by atoms with Crippen LogP contribution in [-0.4, -0.2) is 25.2 Å². The van der Waals surface area contributed by atoms with Gasteiger partial charge in [-0.2, -0.15) is 0 Å². The number of esters is 2. The minimum Gasteiger partial charge on any atom is -0.466 e. The van der Waals surface area contributed by atoms with Crippen molar-refractivity contribution >= 4 is 11.9 Å². The molecule has 0 aliphatic heterocycles. The largest absolute Gasteiger partial charge is 0.466 e. The molecule has 4 heteroatoms. The fourth-order valence-corrected chi connectivity index (χ4v) is 4.95. The van der Waals surface area contributed by atoms with Crippen molar-refractivity contribution in [2.75, 3.05) is 13.2 Å². The van der Waals surface area contributed by atoms with Crippen LogP contribution in [-0.2, 0) is 24.5 Å². The molecule has 1 fully saturated rings. The summed E-state index contributed by atoms with van der Waals surface area (Å²) in [7, 11) is 0. The molecule has 0 bridgehead atoms. The molecule has 170 valence electrons. The van der Waals surface area contributed by atoms with E-state index in [4.69, 9.17) is 9.47 Å². The number of carbonyl (C=O) groups excluding carboxylic acids is 2. The van der Waals surface area contributed by atoms with E-state index in [1.54, 1.807) is 6.92 Å². The summed E-state index contributed by atoms with van der Waals surface area (Å²) in [6.07, 6.45) is 0. The van der Waals surface area contributed by atoms with Gasteiger partial charge in [0.05, 0.1) is 19.1 Å². The maximum atomic E-state index is 14.1. The molecule has 4 nitrogen and oxygen atoms in total. The first-order valence-electron chi connectivity index (χ1n) is 11.4. The first kappa shape index (κ1) is 22.8. The average Bonchev–Trinajstić information content (AvgIpc) is 3.40. The van der Waals surface area contributed by atoms with Crippen LogP contribution in [0.4, 0.5) is 0 Å². The summed E-state index contributed by atoms with van der Waals surface area (Å²) in [5.41, 5.74) is 1.13. The van der Waals surface area contributed by atoms with Crippen molar-refractivity contribution in [1.29, 1.82) is 0 Å². The first-order valence-corrected chi connectivity index (χ1v) is 11.4. The quantitative estimate of drug-likeness (QED) is 0.346. The SMILES string of the molecule is CCOC(=O)C1C(COC(=O)C(c2ccccc2)(c2ccccc2)c2ccccc2)C1(C)C. The van der Waals surface area contributed by atoms with Gasteiger partial charge >= 0.3 is 11.9 Å². The molecule has 3 aromatic carbocycles. The fraction of sp³-hybridized carbons (Fsp3) is 0.310. The van der Waals surface area contributed by atoms with Gasteiger partial charge in [0.2, 0.25) is 0 Å². The van der Waals surface area contributed by atoms with E-state index in [1.165, 1.54) is 0 Å². The van der Waals surface area contributed by atoms with Crippen molar-refractivity contribution in [2.45, 2.75) is 26.2 Å². The summed E-state index contributed by atoms with van der Waals surface area (Å²) in [5.74, 6) is -0.897. The molecular formula is C29H30O4. The van der Waals surface area contributed by atoms with E-state index < -0.39 is 5.41 Å². The number of ether oxygens (including phenoxy) is 2. The molecule has 1 saturated carbocycles. The lowest BCUT2D eigenvalue weighted by Gasteiger charge is -2.33. The summed E-state index contributed by atoms with van der Waals surface area (Å²) < 4.78 is 11.3. The molecule has 2 atom stereocenters. The van der Waals surface area contributed by atoms with Crippen LogP contribution < -0.4 is 0 Å². The molecule has 0 amide bonds. The van der Waals surface area contributed by atoms with Gasteiger partial charge in [-0.3, -0.25) is 9.59 Å². The standard InChI is InChI=1S/C29H30O4/c1-4-32-26(30)25-24(28(25,2)3)20-33-27(31)29(21-14-8-5-9-15-21,22-16-10-6-11-17-22)23-18-12-7-13-19-23/h5-19,24-25H,4,20H2,1-3H3. The predicted molar refractivity (Wildman–Crippen MR) is 128 cm³/mol. The molecule has 0 aromatic heterocycles. The second kappa shape index (κ2) is 9.22. The maximum Gasteiger partial charge on any atom is 0.325 e. The lowest BCUT2D eigenvalue weighted by molar-refractivity contribution is -0.150. The molecule has 1 aliphatic carbocycles. The van der Waals surface area contributed by atoms with Crippen LogP contribution in [0.3, 0.4) is 0 Å². The van der Waals surface area contributed by atoms with Gasteiger partial charge in [-0.05, 0) is 29.0 Å². The summed E-state index contributed by atoms with van der Waals surface area (Å²) >= 11 is 0. The van der Waals surface area contributed by atoms with Gasteiger partial charge < -0.3 is 9.47 Å². The third-order valence-electron chi connectivity index (χ3n) is 6.91. The lowest BCUT2D eigenvalue weighted by Crippen LogP contribution is -2.40. The van der Waals surface area contributed by atoms with Gasteiger partial charge in [-0.1, -0.05) is 105 Å². The van der Waals surface area contributed by atoms with Crippen LogP contribution in [0.15, 0.2) is 91.0 Å². The number of rotatable bonds is 8. The smallest absolute Gasteiger partial charge is 0.325 e. The van der Waals surface area contributed by atoms with Crippen LogP contribution in [0.5, 0.6) is 0 Å². The van der Waals surface area contributed by atoms with E-state index in [9.17, 15) is 9.59 Å². The Morgan fingerprint density at radius 2 is 1.18 bits per heavy atom. The Morgan fingerprint density at radius 3 is 1.58 bits per heavy atom. The second-order valence-corrected chi connectivity index (χ2v) is 9.10. The first-order chi connectivity index (χ1) is 15.9. The van der Waals surface area contributed by atoms with Crippen LogP contribution in [0, 0.1) is 17.3 Å². The molecule has 0 heterocycles. The third-order valence-corrected chi connectivity index (χ3v) is 6.91. The van der Waals surface area contributed by atoms with Gasteiger partial charge in [-0.25, -0.2) is 0 Å². The zero-order valence-corrected chi connectivity index (χ0v) is 19.4. The Balaban J connectivity index is 1.73. The van der Waals surface area contributed by atoms with Crippen molar-refractivity contribution in [3.63, 3.8) is 0 Å².